The van der Waals surface area contributed by atoms with Gasteiger partial charge in [0.1, 0.15) is 0 Å². The molecule has 2 aliphatic rings. The molecule has 0 heterocycles. The van der Waals surface area contributed by atoms with Gasteiger partial charge in [-0.15, -0.1) is 0 Å². The Morgan fingerprint density at radius 2 is 0.925 bits per heavy atom. The molecule has 3 aromatic rings. The fourth-order valence-corrected chi connectivity index (χ4v) is 5.95. The van der Waals surface area contributed by atoms with Crippen molar-refractivity contribution in [3.05, 3.63) is 81.8 Å². The highest BCUT2D eigenvalue weighted by atomic mass is 35.5. The molecule has 0 unspecified atom stereocenters. The van der Waals surface area contributed by atoms with Crippen molar-refractivity contribution in [2.24, 2.45) is 0 Å². The predicted molar refractivity (Wildman–Crippen MR) is 165 cm³/mol. The number of anilines is 4. The third-order valence-electron chi connectivity index (χ3n) is 7.78. The number of hydrogen-bond donors (Lipinski definition) is 4. The molecular formula is C32H36Cl2N4O2. The van der Waals surface area contributed by atoms with E-state index in [4.69, 9.17) is 23.2 Å². The number of benzene rings is 3. The second-order valence-electron chi connectivity index (χ2n) is 10.8. The number of carbonyl (C=O) groups excluding carboxylic acids is 2. The van der Waals surface area contributed by atoms with E-state index in [-0.39, 0.29) is 23.9 Å². The Morgan fingerprint density at radius 1 is 0.550 bits per heavy atom. The molecule has 2 aliphatic carbocycles. The average Bonchev–Trinajstić information content (AvgIpc) is 2.95. The van der Waals surface area contributed by atoms with Crippen LogP contribution in [-0.4, -0.2) is 23.9 Å². The van der Waals surface area contributed by atoms with Crippen LogP contribution in [0.1, 0.15) is 84.9 Å². The van der Waals surface area contributed by atoms with Crippen LogP contribution >= 0.6 is 23.2 Å². The Bertz CT molecular complexity index is 1230. The molecule has 4 N–H and O–H groups in total. The minimum absolute atomic E-state index is 0.0932. The third kappa shape index (κ3) is 7.49. The summed E-state index contributed by atoms with van der Waals surface area (Å²) >= 11 is 12.6. The van der Waals surface area contributed by atoms with Crippen LogP contribution in [-0.2, 0) is 0 Å². The number of halogens is 2. The first-order valence-electron chi connectivity index (χ1n) is 14.3. The van der Waals surface area contributed by atoms with Crippen LogP contribution in [0.3, 0.4) is 0 Å². The monoisotopic (exact) mass is 578 g/mol. The smallest absolute Gasteiger partial charge is 0.253 e. The Labute approximate surface area is 246 Å². The van der Waals surface area contributed by atoms with Crippen molar-refractivity contribution < 1.29 is 9.59 Å². The lowest BCUT2D eigenvalue weighted by Crippen LogP contribution is -2.36. The minimum Gasteiger partial charge on any atom is -0.355 e. The summed E-state index contributed by atoms with van der Waals surface area (Å²) in [6.45, 7) is 0. The van der Waals surface area contributed by atoms with Gasteiger partial charge < -0.3 is 21.3 Å². The topological polar surface area (TPSA) is 82.3 Å². The Kier molecular flexibility index (Phi) is 9.50. The van der Waals surface area contributed by atoms with Crippen molar-refractivity contribution >= 4 is 57.8 Å². The molecule has 2 saturated carbocycles. The van der Waals surface area contributed by atoms with Gasteiger partial charge in [0.15, 0.2) is 0 Å². The molecule has 0 saturated heterocycles. The average molecular weight is 580 g/mol. The standard InChI is InChI=1S/C32H36Cl2N4O2/c33-21-11-17-27(31(39)37-23-7-3-1-4-8-23)29(19-21)35-25-13-15-26(16-14-25)36-30-20-22(34)12-18-28(30)32(40)38-24-9-5-2-6-10-24/h11-20,23-24,35-36H,1-10H2,(H,37,39)(H,38,40). The maximum Gasteiger partial charge on any atom is 0.253 e. The quantitative estimate of drug-likeness (QED) is 0.215. The molecular weight excluding hydrogens is 543 g/mol. The fourth-order valence-electron chi connectivity index (χ4n) is 5.60. The van der Waals surface area contributed by atoms with E-state index < -0.39 is 0 Å². The fraction of sp³-hybridized carbons (Fsp3) is 0.375. The number of amides is 2. The molecule has 2 amide bonds. The molecule has 3 aromatic carbocycles. The SMILES string of the molecule is O=C(NC1CCCCC1)c1ccc(Cl)cc1Nc1ccc(Nc2cc(Cl)ccc2C(=O)NC2CCCCC2)cc1. The van der Waals surface area contributed by atoms with Crippen LogP contribution in [0.15, 0.2) is 60.7 Å². The van der Waals surface area contributed by atoms with E-state index in [2.05, 4.69) is 21.3 Å². The maximum atomic E-state index is 13.1. The lowest BCUT2D eigenvalue weighted by molar-refractivity contribution is 0.0920. The molecule has 40 heavy (non-hydrogen) atoms. The Balaban J connectivity index is 1.27. The van der Waals surface area contributed by atoms with E-state index in [1.54, 1.807) is 36.4 Å². The van der Waals surface area contributed by atoms with E-state index in [0.29, 0.717) is 32.5 Å². The summed E-state index contributed by atoms with van der Waals surface area (Å²) in [4.78, 5) is 26.2. The van der Waals surface area contributed by atoms with E-state index in [1.807, 2.05) is 24.3 Å². The number of hydrogen-bond acceptors (Lipinski definition) is 4. The largest absolute Gasteiger partial charge is 0.355 e. The molecule has 0 spiro atoms. The molecule has 0 aliphatic heterocycles. The Morgan fingerprint density at radius 3 is 1.30 bits per heavy atom. The summed E-state index contributed by atoms with van der Waals surface area (Å²) in [6, 6.07) is 18.6. The summed E-state index contributed by atoms with van der Waals surface area (Å²) in [6.07, 6.45) is 11.2. The van der Waals surface area contributed by atoms with Crippen LogP contribution in [0.5, 0.6) is 0 Å². The normalized spacial score (nSPS) is 16.2. The second-order valence-corrected chi connectivity index (χ2v) is 11.7. The summed E-state index contributed by atoms with van der Waals surface area (Å²) in [7, 11) is 0. The summed E-state index contributed by atoms with van der Waals surface area (Å²) in [5.74, 6) is -0.186. The zero-order chi connectivity index (χ0) is 27.9. The van der Waals surface area contributed by atoms with Gasteiger partial charge in [-0.2, -0.15) is 0 Å². The lowest BCUT2D eigenvalue weighted by atomic mass is 9.95. The van der Waals surface area contributed by atoms with Crippen molar-refractivity contribution in [3.8, 4) is 0 Å². The van der Waals surface area contributed by atoms with Gasteiger partial charge in [-0.3, -0.25) is 9.59 Å². The molecule has 5 rings (SSSR count). The van der Waals surface area contributed by atoms with E-state index in [9.17, 15) is 9.59 Å². The summed E-state index contributed by atoms with van der Waals surface area (Å²) in [5, 5.41) is 14.2. The van der Waals surface area contributed by atoms with Gasteiger partial charge in [-0.1, -0.05) is 61.7 Å². The van der Waals surface area contributed by atoms with Gasteiger partial charge in [-0.05, 0) is 86.3 Å². The number of nitrogens with one attached hydrogen (secondary N) is 4. The van der Waals surface area contributed by atoms with E-state index >= 15 is 0 Å². The lowest BCUT2D eigenvalue weighted by Gasteiger charge is -2.23. The van der Waals surface area contributed by atoms with E-state index in [0.717, 1.165) is 62.7 Å². The van der Waals surface area contributed by atoms with Gasteiger partial charge in [0.2, 0.25) is 0 Å². The van der Waals surface area contributed by atoms with Gasteiger partial charge in [0, 0.05) is 33.5 Å². The van der Waals surface area contributed by atoms with Crippen molar-refractivity contribution in [3.63, 3.8) is 0 Å². The first-order chi connectivity index (χ1) is 19.4. The minimum atomic E-state index is -0.0932. The molecule has 0 bridgehead atoms. The molecule has 0 atom stereocenters. The van der Waals surface area contributed by atoms with Crippen molar-refractivity contribution in [2.45, 2.75) is 76.3 Å². The molecule has 210 valence electrons. The van der Waals surface area contributed by atoms with Gasteiger partial charge in [-0.25, -0.2) is 0 Å². The summed E-state index contributed by atoms with van der Waals surface area (Å²) in [5.41, 5.74) is 4.03. The summed E-state index contributed by atoms with van der Waals surface area (Å²) < 4.78 is 0. The maximum absolute atomic E-state index is 13.1. The highest BCUT2D eigenvalue weighted by molar-refractivity contribution is 6.31. The van der Waals surface area contributed by atoms with Crippen LogP contribution in [0, 0.1) is 0 Å². The van der Waals surface area contributed by atoms with Crippen molar-refractivity contribution in [1.82, 2.24) is 10.6 Å². The first kappa shape index (κ1) is 28.3. The van der Waals surface area contributed by atoms with E-state index in [1.165, 1.54) is 12.8 Å². The third-order valence-corrected chi connectivity index (χ3v) is 8.25. The number of carbonyl (C=O) groups is 2. The highest BCUT2D eigenvalue weighted by Crippen LogP contribution is 2.29. The molecule has 8 heteroatoms. The zero-order valence-electron chi connectivity index (χ0n) is 22.6. The van der Waals surface area contributed by atoms with Crippen molar-refractivity contribution in [2.75, 3.05) is 10.6 Å². The molecule has 0 aromatic heterocycles. The molecule has 0 radical (unpaired) electrons. The van der Waals surface area contributed by atoms with Gasteiger partial charge in [0.25, 0.3) is 11.8 Å². The van der Waals surface area contributed by atoms with Crippen LogP contribution < -0.4 is 21.3 Å². The van der Waals surface area contributed by atoms with Crippen LogP contribution in [0.2, 0.25) is 10.0 Å². The molecule has 6 nitrogen and oxygen atoms in total. The predicted octanol–water partition coefficient (Wildman–Crippen LogP) is 8.61. The van der Waals surface area contributed by atoms with Gasteiger partial charge >= 0.3 is 0 Å². The zero-order valence-corrected chi connectivity index (χ0v) is 24.1. The van der Waals surface area contributed by atoms with Crippen LogP contribution in [0.25, 0.3) is 0 Å². The molecule has 2 fully saturated rings. The second kappa shape index (κ2) is 13.4. The number of rotatable bonds is 8. The van der Waals surface area contributed by atoms with Gasteiger partial charge in [0.05, 0.1) is 22.5 Å². The van der Waals surface area contributed by atoms with Crippen LogP contribution in [0.4, 0.5) is 22.7 Å². The van der Waals surface area contributed by atoms with Crippen molar-refractivity contribution in [1.29, 1.82) is 0 Å². The Hall–Kier alpha value is -3.22. The highest BCUT2D eigenvalue weighted by Gasteiger charge is 2.20. The first-order valence-corrected chi connectivity index (χ1v) is 15.0.